The molecule has 1 nitrogen and oxygen atoms in total. The molecule has 2 saturated carbocycles. The highest BCUT2D eigenvalue weighted by molar-refractivity contribution is 9.09. The van der Waals surface area contributed by atoms with Gasteiger partial charge in [-0.2, -0.15) is 0 Å². The summed E-state index contributed by atoms with van der Waals surface area (Å²) in [5.41, 5.74) is 0.478. The predicted molar refractivity (Wildman–Crippen MR) is 62.6 cm³/mol. The van der Waals surface area contributed by atoms with Gasteiger partial charge in [-0.05, 0) is 36.5 Å². The number of alkyl halides is 1. The van der Waals surface area contributed by atoms with Crippen LogP contribution in [-0.4, -0.2) is 16.0 Å². The van der Waals surface area contributed by atoms with E-state index in [1.165, 1.54) is 19.3 Å². The van der Waals surface area contributed by atoms with Crippen molar-refractivity contribution >= 4 is 15.9 Å². The fraction of sp³-hybridized carbons (Fsp3) is 1.00. The van der Waals surface area contributed by atoms with Gasteiger partial charge in [0.15, 0.2) is 0 Å². The maximum Gasteiger partial charge on any atom is 0.0668 e. The summed E-state index contributed by atoms with van der Waals surface area (Å²) in [5.74, 6) is 1.59. The van der Waals surface area contributed by atoms with Crippen LogP contribution in [0, 0.1) is 17.3 Å². The van der Waals surface area contributed by atoms with Crippen molar-refractivity contribution in [3.05, 3.63) is 0 Å². The van der Waals surface area contributed by atoms with Crippen LogP contribution in [0.3, 0.4) is 0 Å². The van der Waals surface area contributed by atoms with E-state index in [1.54, 1.807) is 0 Å². The van der Waals surface area contributed by atoms with Gasteiger partial charge in [0, 0.05) is 4.83 Å². The second-order valence-corrected chi connectivity index (χ2v) is 6.73. The van der Waals surface area contributed by atoms with Gasteiger partial charge >= 0.3 is 0 Å². The highest BCUT2D eigenvalue weighted by atomic mass is 79.9. The van der Waals surface area contributed by atoms with Gasteiger partial charge < -0.3 is 5.11 Å². The minimum Gasteiger partial charge on any atom is -0.392 e. The Morgan fingerprint density at radius 1 is 1.36 bits per heavy atom. The quantitative estimate of drug-likeness (QED) is 0.663. The van der Waals surface area contributed by atoms with Crippen LogP contribution in [0.1, 0.15) is 46.0 Å². The van der Waals surface area contributed by atoms with E-state index in [1.807, 2.05) is 0 Å². The van der Waals surface area contributed by atoms with Crippen LogP contribution in [0.5, 0.6) is 0 Å². The van der Waals surface area contributed by atoms with E-state index in [0.717, 1.165) is 24.7 Å². The lowest BCUT2D eigenvalue weighted by atomic mass is 9.55. The van der Waals surface area contributed by atoms with Crippen molar-refractivity contribution < 1.29 is 5.11 Å². The van der Waals surface area contributed by atoms with Gasteiger partial charge in [0.2, 0.25) is 0 Å². The molecule has 2 aliphatic rings. The summed E-state index contributed by atoms with van der Waals surface area (Å²) in [6.07, 6.45) is 6.12. The number of aliphatic hydroxyl groups is 1. The first-order chi connectivity index (χ1) is 6.54. The van der Waals surface area contributed by atoms with E-state index in [4.69, 9.17) is 0 Å². The van der Waals surface area contributed by atoms with Crippen LogP contribution in [0.4, 0.5) is 0 Å². The SMILES string of the molecule is CC1CCCC2CC(O)C(Br)CC12C. The Kier molecular flexibility index (Phi) is 2.96. The maximum absolute atomic E-state index is 9.87. The van der Waals surface area contributed by atoms with Crippen LogP contribution in [0.15, 0.2) is 0 Å². The minimum absolute atomic E-state index is 0.113. The van der Waals surface area contributed by atoms with Crippen molar-refractivity contribution in [2.75, 3.05) is 0 Å². The zero-order valence-corrected chi connectivity index (χ0v) is 10.8. The van der Waals surface area contributed by atoms with Gasteiger partial charge in [0.25, 0.3) is 0 Å². The number of aliphatic hydroxyl groups excluding tert-OH is 1. The third-order valence-corrected chi connectivity index (χ3v) is 5.76. The molecule has 0 aromatic carbocycles. The third-order valence-electron chi connectivity index (χ3n) is 4.83. The molecule has 2 rings (SSSR count). The van der Waals surface area contributed by atoms with E-state index in [2.05, 4.69) is 29.8 Å². The molecule has 0 amide bonds. The molecular weight excluding hydrogens is 240 g/mol. The smallest absolute Gasteiger partial charge is 0.0668 e. The lowest BCUT2D eigenvalue weighted by molar-refractivity contribution is -0.0348. The molecule has 0 bridgehead atoms. The molecule has 2 fully saturated rings. The van der Waals surface area contributed by atoms with Crippen LogP contribution >= 0.6 is 15.9 Å². The van der Waals surface area contributed by atoms with Crippen molar-refractivity contribution in [3.63, 3.8) is 0 Å². The molecule has 82 valence electrons. The number of fused-ring (bicyclic) bond motifs is 1. The average Bonchev–Trinajstić information content (AvgIpc) is 2.11. The Balaban J connectivity index is 2.17. The van der Waals surface area contributed by atoms with Gasteiger partial charge in [-0.1, -0.05) is 42.6 Å². The number of halogens is 1. The largest absolute Gasteiger partial charge is 0.392 e. The molecular formula is C12H21BrO. The Hall–Kier alpha value is 0.440. The van der Waals surface area contributed by atoms with Gasteiger partial charge in [-0.15, -0.1) is 0 Å². The molecule has 0 aliphatic heterocycles. The molecule has 14 heavy (non-hydrogen) atoms. The highest BCUT2D eigenvalue weighted by Gasteiger charge is 2.47. The van der Waals surface area contributed by atoms with Crippen LogP contribution in [-0.2, 0) is 0 Å². The fourth-order valence-corrected chi connectivity index (χ4v) is 4.40. The molecule has 5 atom stereocenters. The van der Waals surface area contributed by atoms with Gasteiger partial charge in [-0.25, -0.2) is 0 Å². The lowest BCUT2D eigenvalue weighted by Gasteiger charge is -2.52. The van der Waals surface area contributed by atoms with E-state index >= 15 is 0 Å². The normalized spacial score (nSPS) is 54.0. The molecule has 1 N–H and O–H groups in total. The first-order valence-electron chi connectivity index (χ1n) is 5.86. The molecule has 0 saturated heterocycles. The Morgan fingerprint density at radius 3 is 2.79 bits per heavy atom. The van der Waals surface area contributed by atoms with E-state index in [0.29, 0.717) is 10.2 Å². The predicted octanol–water partition coefficient (Wildman–Crippen LogP) is 3.35. The first-order valence-corrected chi connectivity index (χ1v) is 6.77. The second kappa shape index (κ2) is 3.79. The summed E-state index contributed by atoms with van der Waals surface area (Å²) in [6, 6.07) is 0. The summed E-state index contributed by atoms with van der Waals surface area (Å²) in [5, 5.41) is 9.87. The number of hydrogen-bond donors (Lipinski definition) is 1. The Morgan fingerprint density at radius 2 is 2.07 bits per heavy atom. The molecule has 2 aliphatic carbocycles. The monoisotopic (exact) mass is 260 g/mol. The van der Waals surface area contributed by atoms with Crippen LogP contribution < -0.4 is 0 Å². The van der Waals surface area contributed by atoms with Crippen molar-refractivity contribution in [3.8, 4) is 0 Å². The summed E-state index contributed by atoms with van der Waals surface area (Å²) in [4.78, 5) is 0.323. The van der Waals surface area contributed by atoms with E-state index < -0.39 is 0 Å². The molecule has 2 heteroatoms. The summed E-state index contributed by atoms with van der Waals surface area (Å²) in [6.45, 7) is 4.82. The van der Waals surface area contributed by atoms with Crippen molar-refractivity contribution in [2.45, 2.75) is 56.9 Å². The molecule has 0 spiro atoms. The highest BCUT2D eigenvalue weighted by Crippen LogP contribution is 2.54. The zero-order chi connectivity index (χ0) is 10.3. The molecule has 0 aromatic heterocycles. The van der Waals surface area contributed by atoms with Crippen molar-refractivity contribution in [1.29, 1.82) is 0 Å². The van der Waals surface area contributed by atoms with E-state index in [-0.39, 0.29) is 6.10 Å². The summed E-state index contributed by atoms with van der Waals surface area (Å²) >= 11 is 3.63. The average molecular weight is 261 g/mol. The minimum atomic E-state index is -0.113. The first kappa shape index (κ1) is 10.9. The van der Waals surface area contributed by atoms with Gasteiger partial charge in [0.1, 0.15) is 0 Å². The fourth-order valence-electron chi connectivity index (χ4n) is 3.48. The summed E-state index contributed by atoms with van der Waals surface area (Å²) < 4.78 is 0. The lowest BCUT2D eigenvalue weighted by Crippen LogP contribution is -2.47. The topological polar surface area (TPSA) is 20.2 Å². The van der Waals surface area contributed by atoms with Crippen molar-refractivity contribution in [2.24, 2.45) is 17.3 Å². The molecule has 0 radical (unpaired) electrons. The van der Waals surface area contributed by atoms with Gasteiger partial charge in [-0.3, -0.25) is 0 Å². The third kappa shape index (κ3) is 1.65. The van der Waals surface area contributed by atoms with Crippen LogP contribution in [0.2, 0.25) is 0 Å². The van der Waals surface area contributed by atoms with E-state index in [9.17, 15) is 5.11 Å². The summed E-state index contributed by atoms with van der Waals surface area (Å²) in [7, 11) is 0. The Bertz CT molecular complexity index is 218. The molecule has 5 unspecified atom stereocenters. The standard InChI is InChI=1S/C12H21BrO/c1-8-4-3-5-9-6-11(14)10(13)7-12(8,9)2/h8-11,14H,3-7H2,1-2H3. The number of rotatable bonds is 0. The second-order valence-electron chi connectivity index (χ2n) is 5.56. The maximum atomic E-state index is 9.87. The van der Waals surface area contributed by atoms with Crippen molar-refractivity contribution in [1.82, 2.24) is 0 Å². The Labute approximate surface area is 95.4 Å². The number of hydrogen-bond acceptors (Lipinski definition) is 1. The zero-order valence-electron chi connectivity index (χ0n) is 9.17. The van der Waals surface area contributed by atoms with Crippen LogP contribution in [0.25, 0.3) is 0 Å². The molecule has 0 aromatic rings. The molecule has 0 heterocycles. The van der Waals surface area contributed by atoms with Gasteiger partial charge in [0.05, 0.1) is 6.10 Å².